The topological polar surface area (TPSA) is 76.7 Å². The number of hydrogen-bond acceptors (Lipinski definition) is 4. The fraction of sp³-hybridized carbons (Fsp3) is 0.950. The normalized spacial score (nSPS) is 12.2. The number of hydrogen-bond donors (Lipinski definition) is 2. The van der Waals surface area contributed by atoms with Crippen molar-refractivity contribution in [2.24, 2.45) is 0 Å². The maximum Gasteiger partial charge on any atom is 0.407 e. The molecule has 47 heavy (non-hydrogen) atoms. The van der Waals surface area contributed by atoms with Crippen LogP contribution in [-0.4, -0.2) is 70.2 Å². The zero-order valence-electron chi connectivity index (χ0n) is 32.3. The van der Waals surface area contributed by atoms with Crippen LogP contribution in [0.2, 0.25) is 0 Å². The number of carbonyl (C=O) groups is 2. The first-order chi connectivity index (χ1) is 22.8. The summed E-state index contributed by atoms with van der Waals surface area (Å²) >= 11 is 0. The molecule has 0 fully saturated rings. The lowest BCUT2D eigenvalue weighted by Gasteiger charge is -2.28. The Morgan fingerprint density at radius 2 is 0.766 bits per heavy atom. The zero-order chi connectivity index (χ0) is 34.7. The molecule has 0 aliphatic rings. The van der Waals surface area contributed by atoms with E-state index in [1.807, 2.05) is 21.1 Å². The molecule has 0 rings (SSSR count). The van der Waals surface area contributed by atoms with E-state index in [9.17, 15) is 9.59 Å². The third-order valence-corrected chi connectivity index (χ3v) is 9.02. The first-order valence-corrected chi connectivity index (χ1v) is 20.4. The van der Waals surface area contributed by atoms with Gasteiger partial charge in [-0.2, -0.15) is 0 Å². The average Bonchev–Trinajstić information content (AvgIpc) is 3.03. The molecule has 0 bridgehead atoms. The summed E-state index contributed by atoms with van der Waals surface area (Å²) in [5, 5.41) is 5.75. The molecule has 0 aromatic heterocycles. The quantitative estimate of drug-likeness (QED) is 0.0520. The highest BCUT2D eigenvalue weighted by molar-refractivity contribution is 5.68. The Kier molecular flexibility index (Phi) is 33.3. The van der Waals surface area contributed by atoms with Gasteiger partial charge >= 0.3 is 12.2 Å². The van der Waals surface area contributed by atoms with Crippen LogP contribution in [0.25, 0.3) is 0 Å². The molecule has 0 aromatic carbocycles. The summed E-state index contributed by atoms with van der Waals surface area (Å²) in [6.45, 7) is 6.42. The summed E-state index contributed by atoms with van der Waals surface area (Å²) in [5.41, 5.74) is 0. The molecular formula is C40H82N3O4+. The SMILES string of the molecule is CCCCCCCCCCCCCCCCNC(=O)OCC(C[N+](C)(C)C)OC(=O)NCCCCCCCCCCCCCCCC. The Morgan fingerprint density at radius 1 is 0.468 bits per heavy atom. The molecule has 0 spiro atoms. The van der Waals surface area contributed by atoms with E-state index in [0.717, 1.165) is 25.7 Å². The lowest BCUT2D eigenvalue weighted by atomic mass is 10.0. The lowest BCUT2D eigenvalue weighted by Crippen LogP contribution is -2.46. The molecule has 0 aliphatic heterocycles. The van der Waals surface area contributed by atoms with Crippen LogP contribution in [0.1, 0.15) is 194 Å². The highest BCUT2D eigenvalue weighted by atomic mass is 16.6. The Balaban J connectivity index is 3.80. The number of carbonyl (C=O) groups excluding carboxylic acids is 2. The number of likely N-dealkylation sites (N-methyl/N-ethyl adjacent to an activating group) is 1. The predicted molar refractivity (Wildman–Crippen MR) is 201 cm³/mol. The minimum Gasteiger partial charge on any atom is -0.445 e. The molecular weight excluding hydrogens is 586 g/mol. The van der Waals surface area contributed by atoms with E-state index in [0.29, 0.717) is 24.1 Å². The number of amides is 2. The van der Waals surface area contributed by atoms with Crippen LogP contribution < -0.4 is 10.6 Å². The largest absolute Gasteiger partial charge is 0.445 e. The minimum atomic E-state index is -0.488. The standard InChI is InChI=1S/C40H81N3O4/c1-6-8-10-12-14-16-18-20-22-24-26-28-30-32-34-41-39(44)46-37-38(36-43(3,4)5)47-40(45)42-35-33-31-29-27-25-23-21-19-17-15-13-11-9-7-2/h38H,6-37H2,1-5H3,(H-,41,42,44,45)/p+1. The molecule has 0 heterocycles. The highest BCUT2D eigenvalue weighted by Crippen LogP contribution is 2.14. The van der Waals surface area contributed by atoms with Crippen LogP contribution in [0.5, 0.6) is 0 Å². The number of nitrogens with zero attached hydrogens (tertiary/aromatic N) is 1. The van der Waals surface area contributed by atoms with E-state index in [2.05, 4.69) is 24.5 Å². The molecule has 7 nitrogen and oxygen atoms in total. The van der Waals surface area contributed by atoms with Gasteiger partial charge in [-0.3, -0.25) is 0 Å². The van der Waals surface area contributed by atoms with Crippen molar-refractivity contribution in [3.05, 3.63) is 0 Å². The molecule has 0 radical (unpaired) electrons. The monoisotopic (exact) mass is 669 g/mol. The van der Waals surface area contributed by atoms with E-state index in [1.54, 1.807) is 0 Å². The van der Waals surface area contributed by atoms with Gasteiger partial charge in [0.25, 0.3) is 0 Å². The third kappa shape index (κ3) is 37.2. The maximum absolute atomic E-state index is 12.5. The Hall–Kier alpha value is -1.50. The van der Waals surface area contributed by atoms with Gasteiger partial charge in [-0.25, -0.2) is 9.59 Å². The van der Waals surface area contributed by atoms with Crippen LogP contribution >= 0.6 is 0 Å². The van der Waals surface area contributed by atoms with Gasteiger partial charge < -0.3 is 24.6 Å². The maximum atomic E-state index is 12.5. The number of alkyl carbamates (subject to hydrolysis) is 2. The molecule has 280 valence electrons. The molecule has 7 heteroatoms. The molecule has 0 saturated heterocycles. The van der Waals surface area contributed by atoms with Crippen molar-refractivity contribution in [2.45, 2.75) is 200 Å². The number of quaternary nitrogens is 1. The van der Waals surface area contributed by atoms with Crippen LogP contribution in [0.4, 0.5) is 9.59 Å². The van der Waals surface area contributed by atoms with Gasteiger partial charge in [-0.05, 0) is 12.8 Å². The predicted octanol–water partition coefficient (Wildman–Crippen LogP) is 11.5. The number of nitrogens with one attached hydrogen (secondary N) is 2. The second-order valence-electron chi connectivity index (χ2n) is 15.1. The van der Waals surface area contributed by atoms with E-state index < -0.39 is 18.3 Å². The second-order valence-corrected chi connectivity index (χ2v) is 15.1. The van der Waals surface area contributed by atoms with Crippen molar-refractivity contribution >= 4 is 12.2 Å². The van der Waals surface area contributed by atoms with Crippen LogP contribution in [0.3, 0.4) is 0 Å². The number of rotatable bonds is 35. The fourth-order valence-electron chi connectivity index (χ4n) is 6.17. The van der Waals surface area contributed by atoms with Crippen molar-refractivity contribution in [1.82, 2.24) is 10.6 Å². The van der Waals surface area contributed by atoms with Gasteiger partial charge in [0.15, 0.2) is 6.10 Å². The van der Waals surface area contributed by atoms with Crippen LogP contribution in [0, 0.1) is 0 Å². The molecule has 2 N–H and O–H groups in total. The molecule has 2 amide bonds. The summed E-state index contributed by atoms with van der Waals surface area (Å²) in [4.78, 5) is 24.7. The summed E-state index contributed by atoms with van der Waals surface area (Å²) in [5.74, 6) is 0. The summed E-state index contributed by atoms with van der Waals surface area (Å²) in [6.07, 6.45) is 35.5. The van der Waals surface area contributed by atoms with E-state index in [4.69, 9.17) is 9.47 Å². The average molecular weight is 669 g/mol. The summed E-state index contributed by atoms with van der Waals surface area (Å²) in [6, 6.07) is 0. The number of ether oxygens (including phenoxy) is 2. The van der Waals surface area contributed by atoms with E-state index in [1.165, 1.54) is 154 Å². The fourth-order valence-corrected chi connectivity index (χ4v) is 6.17. The Labute approximate surface area is 293 Å². The molecule has 0 aromatic rings. The second kappa shape index (κ2) is 34.4. The first kappa shape index (κ1) is 45.5. The van der Waals surface area contributed by atoms with Gasteiger partial charge in [-0.1, -0.05) is 181 Å². The van der Waals surface area contributed by atoms with Crippen LogP contribution in [-0.2, 0) is 9.47 Å². The molecule has 0 aliphatic carbocycles. The van der Waals surface area contributed by atoms with E-state index >= 15 is 0 Å². The van der Waals surface area contributed by atoms with Crippen molar-refractivity contribution < 1.29 is 23.5 Å². The van der Waals surface area contributed by atoms with Gasteiger partial charge in [0.1, 0.15) is 13.2 Å². The van der Waals surface area contributed by atoms with Gasteiger partial charge in [0.2, 0.25) is 0 Å². The summed E-state index contributed by atoms with van der Waals surface area (Å²) < 4.78 is 11.7. The number of unbranched alkanes of at least 4 members (excludes halogenated alkanes) is 26. The van der Waals surface area contributed by atoms with Gasteiger partial charge in [0.05, 0.1) is 21.1 Å². The first-order valence-electron chi connectivity index (χ1n) is 20.4. The minimum absolute atomic E-state index is 0.0619. The van der Waals surface area contributed by atoms with Crippen molar-refractivity contribution in [3.8, 4) is 0 Å². The highest BCUT2D eigenvalue weighted by Gasteiger charge is 2.24. The van der Waals surface area contributed by atoms with E-state index in [-0.39, 0.29) is 6.61 Å². The van der Waals surface area contributed by atoms with Gasteiger partial charge in [0, 0.05) is 13.1 Å². The Bertz CT molecular complexity index is 683. The third-order valence-electron chi connectivity index (χ3n) is 9.02. The molecule has 1 atom stereocenters. The summed E-state index contributed by atoms with van der Waals surface area (Å²) in [7, 11) is 6.12. The van der Waals surface area contributed by atoms with Crippen LogP contribution in [0.15, 0.2) is 0 Å². The van der Waals surface area contributed by atoms with Crippen molar-refractivity contribution in [3.63, 3.8) is 0 Å². The Morgan fingerprint density at radius 3 is 1.09 bits per heavy atom. The van der Waals surface area contributed by atoms with Crippen molar-refractivity contribution in [2.75, 3.05) is 47.4 Å². The van der Waals surface area contributed by atoms with Gasteiger partial charge in [-0.15, -0.1) is 0 Å². The zero-order valence-corrected chi connectivity index (χ0v) is 32.3. The molecule has 0 saturated carbocycles. The molecule has 1 unspecified atom stereocenters. The van der Waals surface area contributed by atoms with Crippen molar-refractivity contribution in [1.29, 1.82) is 0 Å². The smallest absolute Gasteiger partial charge is 0.407 e. The lowest BCUT2D eigenvalue weighted by molar-refractivity contribution is -0.873.